The number of ether oxygens (including phenoxy) is 1. The molecule has 4 nitrogen and oxygen atoms in total. The lowest BCUT2D eigenvalue weighted by atomic mass is 9.51. The zero-order chi connectivity index (χ0) is 22.2. The number of hydrogen-bond donors (Lipinski definition) is 1. The molecule has 33 heavy (non-hydrogen) atoms. The molecule has 5 aliphatic carbocycles. The second kappa shape index (κ2) is 9.27. The first kappa shape index (κ1) is 21.4. The molecule has 7 rings (SSSR count). The van der Waals surface area contributed by atoms with Crippen LogP contribution in [-0.2, 0) is 17.8 Å². The number of aromatic nitrogens is 2. The average molecular weight is 447 g/mol. The van der Waals surface area contributed by atoms with Gasteiger partial charge < -0.3 is 9.72 Å². The molecule has 4 bridgehead atoms. The monoisotopic (exact) mass is 446 g/mol. The van der Waals surface area contributed by atoms with E-state index in [1.54, 1.807) is 0 Å². The van der Waals surface area contributed by atoms with E-state index in [9.17, 15) is 4.79 Å². The fraction of sp³-hybridized carbons (Fsp3) is 0.655. The molecule has 1 N–H and O–H groups in total. The molecule has 176 valence electrons. The van der Waals surface area contributed by atoms with E-state index in [1.165, 1.54) is 70.6 Å². The van der Waals surface area contributed by atoms with Gasteiger partial charge in [0.1, 0.15) is 12.4 Å². The number of hydrogen-bond acceptors (Lipinski definition) is 3. The molecule has 1 aromatic heterocycles. The number of rotatable bonds is 7. The van der Waals surface area contributed by atoms with Crippen LogP contribution in [0.15, 0.2) is 30.3 Å². The van der Waals surface area contributed by atoms with Crippen molar-refractivity contribution >= 4 is 5.97 Å². The second-order valence-corrected chi connectivity index (χ2v) is 11.5. The van der Waals surface area contributed by atoms with Crippen LogP contribution in [0, 0.1) is 29.6 Å². The zero-order valence-corrected chi connectivity index (χ0v) is 19.8. The maximum absolute atomic E-state index is 13.1. The van der Waals surface area contributed by atoms with E-state index in [4.69, 9.17) is 9.72 Å². The van der Waals surface area contributed by atoms with Crippen LogP contribution in [0.25, 0.3) is 0 Å². The van der Waals surface area contributed by atoms with E-state index >= 15 is 0 Å². The highest BCUT2D eigenvalue weighted by Crippen LogP contribution is 2.57. The smallest absolute Gasteiger partial charge is 0.359 e. The van der Waals surface area contributed by atoms with E-state index in [0.29, 0.717) is 18.2 Å². The Balaban J connectivity index is 1.18. The van der Waals surface area contributed by atoms with Crippen LogP contribution >= 0.6 is 0 Å². The van der Waals surface area contributed by atoms with Crippen molar-refractivity contribution in [1.29, 1.82) is 0 Å². The van der Waals surface area contributed by atoms with Crippen molar-refractivity contribution in [2.24, 2.45) is 29.6 Å². The van der Waals surface area contributed by atoms with Crippen molar-refractivity contribution in [2.45, 2.75) is 89.6 Å². The Labute approximate surface area is 197 Å². The van der Waals surface area contributed by atoms with Crippen molar-refractivity contribution in [1.82, 2.24) is 9.97 Å². The molecule has 1 aromatic carbocycles. The summed E-state index contributed by atoms with van der Waals surface area (Å²) in [5, 5.41) is 0. The standard InChI is InChI=1S/C29H38N2O2/c32-29(33-18-19-7-3-1-4-8-19)27-26(30-28(31-27)22-9-5-2-6-10-22)12-11-25-23-14-20-13-21(16-23)17-24(25)15-20/h1,3-4,7-8,20-25H,2,5-6,9-18H2,(H,30,31). The summed E-state index contributed by atoms with van der Waals surface area (Å²) >= 11 is 0. The van der Waals surface area contributed by atoms with E-state index in [2.05, 4.69) is 4.98 Å². The first-order valence-electron chi connectivity index (χ1n) is 13.5. The average Bonchev–Trinajstić information content (AvgIpc) is 3.27. The summed E-state index contributed by atoms with van der Waals surface area (Å²) in [6, 6.07) is 9.94. The Kier molecular flexibility index (Phi) is 6.02. The van der Waals surface area contributed by atoms with Crippen LogP contribution < -0.4 is 0 Å². The van der Waals surface area contributed by atoms with Gasteiger partial charge in [-0.25, -0.2) is 9.78 Å². The van der Waals surface area contributed by atoms with Crippen molar-refractivity contribution in [3.05, 3.63) is 53.1 Å². The molecular weight excluding hydrogens is 408 g/mol. The highest BCUT2D eigenvalue weighted by molar-refractivity contribution is 5.88. The quantitative estimate of drug-likeness (QED) is 0.475. The first-order chi connectivity index (χ1) is 16.2. The van der Waals surface area contributed by atoms with Gasteiger partial charge in [-0.2, -0.15) is 0 Å². The lowest BCUT2D eigenvalue weighted by molar-refractivity contribution is -0.0395. The molecule has 5 saturated carbocycles. The van der Waals surface area contributed by atoms with E-state index in [-0.39, 0.29) is 5.97 Å². The molecular formula is C29H38N2O2. The number of H-pyrrole nitrogens is 1. The third kappa shape index (κ3) is 4.50. The molecule has 0 saturated heterocycles. The topological polar surface area (TPSA) is 55.0 Å². The molecule has 0 unspecified atom stereocenters. The Bertz CT molecular complexity index is 931. The van der Waals surface area contributed by atoms with Gasteiger partial charge in [0, 0.05) is 11.6 Å². The van der Waals surface area contributed by atoms with Gasteiger partial charge in [-0.3, -0.25) is 0 Å². The molecule has 5 fully saturated rings. The number of carbonyl (C=O) groups excluding carboxylic acids is 1. The number of carbonyl (C=O) groups is 1. The Morgan fingerprint density at radius 1 is 0.939 bits per heavy atom. The predicted molar refractivity (Wildman–Crippen MR) is 129 cm³/mol. The minimum absolute atomic E-state index is 0.266. The van der Waals surface area contributed by atoms with Crippen LogP contribution in [0.2, 0.25) is 0 Å². The van der Waals surface area contributed by atoms with Crippen molar-refractivity contribution in [3.63, 3.8) is 0 Å². The van der Waals surface area contributed by atoms with Gasteiger partial charge in [0.15, 0.2) is 5.69 Å². The highest BCUT2D eigenvalue weighted by atomic mass is 16.5. The summed E-state index contributed by atoms with van der Waals surface area (Å²) in [5.41, 5.74) is 2.60. The number of esters is 1. The van der Waals surface area contributed by atoms with Crippen molar-refractivity contribution in [3.8, 4) is 0 Å². The molecule has 5 aliphatic rings. The summed E-state index contributed by atoms with van der Waals surface area (Å²) in [5.74, 6) is 5.95. The minimum atomic E-state index is -0.266. The third-order valence-corrected chi connectivity index (χ3v) is 9.34. The van der Waals surface area contributed by atoms with Gasteiger partial charge in [0.05, 0.1) is 0 Å². The SMILES string of the molecule is O=C(OCc1ccccc1)c1nc(C2CCCCC2)[nH]c1CCC1C2CC3CC(C2)CC1C3. The number of imidazole rings is 1. The molecule has 2 aromatic rings. The lowest BCUT2D eigenvalue weighted by Crippen LogP contribution is -2.45. The van der Waals surface area contributed by atoms with Crippen LogP contribution in [-0.4, -0.2) is 15.9 Å². The number of benzene rings is 1. The highest BCUT2D eigenvalue weighted by Gasteiger charge is 2.47. The maximum atomic E-state index is 13.1. The largest absolute Gasteiger partial charge is 0.456 e. The number of aromatic amines is 1. The summed E-state index contributed by atoms with van der Waals surface area (Å²) in [6.07, 6.45) is 15.7. The molecule has 0 aliphatic heterocycles. The molecule has 0 atom stereocenters. The predicted octanol–water partition coefficient (Wildman–Crippen LogP) is 6.82. The first-order valence-corrected chi connectivity index (χ1v) is 13.5. The fourth-order valence-electron chi connectivity index (χ4n) is 7.96. The van der Waals surface area contributed by atoms with Crippen molar-refractivity contribution < 1.29 is 9.53 Å². The summed E-state index contributed by atoms with van der Waals surface area (Å²) in [4.78, 5) is 21.6. The maximum Gasteiger partial charge on any atom is 0.359 e. The van der Waals surface area contributed by atoms with Gasteiger partial charge in [-0.05, 0) is 92.9 Å². The van der Waals surface area contributed by atoms with Crippen LogP contribution in [0.5, 0.6) is 0 Å². The molecule has 4 heteroatoms. The van der Waals surface area contributed by atoms with Gasteiger partial charge in [-0.15, -0.1) is 0 Å². The Morgan fingerprint density at radius 3 is 2.33 bits per heavy atom. The van der Waals surface area contributed by atoms with Crippen molar-refractivity contribution in [2.75, 3.05) is 0 Å². The van der Waals surface area contributed by atoms with E-state index < -0.39 is 0 Å². The zero-order valence-electron chi connectivity index (χ0n) is 19.8. The normalized spacial score (nSPS) is 31.1. The fourth-order valence-corrected chi connectivity index (χ4v) is 7.96. The molecule has 1 heterocycles. The summed E-state index contributed by atoms with van der Waals surface area (Å²) in [6.45, 7) is 0.306. The Hall–Kier alpha value is -2.10. The number of nitrogens with zero attached hydrogens (tertiary/aromatic N) is 1. The summed E-state index contributed by atoms with van der Waals surface area (Å²) < 4.78 is 5.72. The molecule has 0 amide bonds. The van der Waals surface area contributed by atoms with Gasteiger partial charge in [-0.1, -0.05) is 49.6 Å². The number of aryl methyl sites for hydroxylation is 1. The number of nitrogens with one attached hydrogen (secondary N) is 1. The Morgan fingerprint density at radius 2 is 1.64 bits per heavy atom. The summed E-state index contributed by atoms with van der Waals surface area (Å²) in [7, 11) is 0. The van der Waals surface area contributed by atoms with E-state index in [1.807, 2.05) is 30.3 Å². The van der Waals surface area contributed by atoms with Gasteiger partial charge >= 0.3 is 5.97 Å². The molecule has 0 radical (unpaired) electrons. The van der Waals surface area contributed by atoms with Gasteiger partial charge in [0.25, 0.3) is 0 Å². The van der Waals surface area contributed by atoms with Crippen LogP contribution in [0.3, 0.4) is 0 Å². The minimum Gasteiger partial charge on any atom is -0.456 e. The van der Waals surface area contributed by atoms with Crippen LogP contribution in [0.1, 0.15) is 104 Å². The molecule has 0 spiro atoms. The second-order valence-electron chi connectivity index (χ2n) is 11.5. The third-order valence-electron chi connectivity index (χ3n) is 9.34. The van der Waals surface area contributed by atoms with E-state index in [0.717, 1.165) is 53.1 Å². The van der Waals surface area contributed by atoms with Gasteiger partial charge in [0.2, 0.25) is 0 Å². The van der Waals surface area contributed by atoms with Crippen LogP contribution in [0.4, 0.5) is 0 Å². The lowest BCUT2D eigenvalue weighted by Gasteiger charge is -2.54.